The van der Waals surface area contributed by atoms with E-state index in [1.807, 2.05) is 32.9 Å². The summed E-state index contributed by atoms with van der Waals surface area (Å²) in [5.74, 6) is -1.58. The molecule has 9 heteroatoms. The van der Waals surface area contributed by atoms with Crippen molar-refractivity contribution in [2.24, 2.45) is 5.92 Å². The van der Waals surface area contributed by atoms with E-state index < -0.39 is 23.9 Å². The molecule has 0 radical (unpaired) electrons. The summed E-state index contributed by atoms with van der Waals surface area (Å²) in [7, 11) is 0. The molecular formula is C24H26FN4O3S+. The second-order valence-corrected chi connectivity index (χ2v) is 8.55. The van der Waals surface area contributed by atoms with Crippen molar-refractivity contribution in [3.05, 3.63) is 59.9 Å². The number of hydrogen-bond acceptors (Lipinski definition) is 4. The summed E-state index contributed by atoms with van der Waals surface area (Å²) in [4.78, 5) is 23.9. The Morgan fingerprint density at radius 2 is 1.82 bits per heavy atom. The molecule has 0 spiro atoms. The van der Waals surface area contributed by atoms with E-state index in [1.165, 1.54) is 28.2 Å². The van der Waals surface area contributed by atoms with Gasteiger partial charge in [0.05, 0.1) is 16.9 Å². The predicted molar refractivity (Wildman–Crippen MR) is 129 cm³/mol. The first-order valence-electron chi connectivity index (χ1n) is 10.5. The third kappa shape index (κ3) is 5.43. The van der Waals surface area contributed by atoms with E-state index in [4.69, 9.17) is 0 Å². The number of amides is 2. The molecule has 0 saturated carbocycles. The van der Waals surface area contributed by atoms with Gasteiger partial charge in [-0.05, 0) is 30.7 Å². The molecule has 0 saturated heterocycles. The van der Waals surface area contributed by atoms with Gasteiger partial charge in [0.15, 0.2) is 0 Å². The molecule has 0 fully saturated rings. The number of carboxylic acid groups (broad SMARTS) is 1. The van der Waals surface area contributed by atoms with E-state index in [1.54, 1.807) is 24.3 Å². The van der Waals surface area contributed by atoms with Crippen LogP contribution in [0.25, 0.3) is 11.3 Å². The van der Waals surface area contributed by atoms with E-state index in [0.29, 0.717) is 12.1 Å². The van der Waals surface area contributed by atoms with E-state index in [-0.39, 0.29) is 11.6 Å². The number of nitrogens with one attached hydrogen (secondary N) is 2. The van der Waals surface area contributed by atoms with Crippen molar-refractivity contribution >= 4 is 46.6 Å². The summed E-state index contributed by atoms with van der Waals surface area (Å²) < 4.78 is 19.8. The lowest BCUT2D eigenvalue weighted by Gasteiger charge is -2.13. The summed E-state index contributed by atoms with van der Waals surface area (Å²) in [6, 6.07) is 11.7. The zero-order chi connectivity index (χ0) is 24.1. The number of urea groups is 1. The SMILES string of the molecule is C=[N+](c1snc(-c2ccc(NC(=O)Nc3ccccc3F)cc2)c1CC)C(C(=O)O)C(C)C. The van der Waals surface area contributed by atoms with Crippen molar-refractivity contribution in [2.75, 3.05) is 10.6 Å². The molecule has 1 atom stereocenters. The molecule has 3 aromatic rings. The Morgan fingerprint density at radius 3 is 2.39 bits per heavy atom. The van der Waals surface area contributed by atoms with E-state index in [0.717, 1.165) is 21.8 Å². The van der Waals surface area contributed by atoms with Gasteiger partial charge in [0.25, 0.3) is 11.0 Å². The minimum absolute atomic E-state index is 0.0907. The zero-order valence-electron chi connectivity index (χ0n) is 18.6. The van der Waals surface area contributed by atoms with Crippen LogP contribution >= 0.6 is 11.5 Å². The average molecular weight is 470 g/mol. The number of carbonyl (C=O) groups is 2. The van der Waals surface area contributed by atoms with Gasteiger partial charge in [-0.25, -0.2) is 14.0 Å². The van der Waals surface area contributed by atoms with Crippen LogP contribution in [-0.4, -0.2) is 38.8 Å². The van der Waals surface area contributed by atoms with Gasteiger partial charge in [-0.3, -0.25) is 0 Å². The second kappa shape index (κ2) is 10.4. The minimum atomic E-state index is -0.930. The fourth-order valence-electron chi connectivity index (χ4n) is 3.54. The van der Waals surface area contributed by atoms with Gasteiger partial charge in [0.1, 0.15) is 12.5 Å². The van der Waals surface area contributed by atoms with Gasteiger partial charge in [-0.15, -0.1) is 0 Å². The molecule has 2 amide bonds. The van der Waals surface area contributed by atoms with Crippen molar-refractivity contribution in [3.63, 3.8) is 0 Å². The highest BCUT2D eigenvalue weighted by Gasteiger charge is 2.36. The number of benzene rings is 2. The van der Waals surface area contributed by atoms with Crippen molar-refractivity contribution in [2.45, 2.75) is 33.2 Å². The summed E-state index contributed by atoms with van der Waals surface area (Å²) in [6.07, 6.45) is 0.655. The van der Waals surface area contributed by atoms with Crippen LogP contribution in [0, 0.1) is 11.7 Å². The highest BCUT2D eigenvalue weighted by atomic mass is 32.1. The Bertz CT molecular complexity index is 1170. The quantitative estimate of drug-likeness (QED) is 0.295. The molecule has 3 rings (SSSR count). The molecule has 3 N–H and O–H groups in total. The van der Waals surface area contributed by atoms with Crippen LogP contribution in [0.15, 0.2) is 48.5 Å². The lowest BCUT2D eigenvalue weighted by Crippen LogP contribution is -2.35. The van der Waals surface area contributed by atoms with Gasteiger partial charge < -0.3 is 15.7 Å². The lowest BCUT2D eigenvalue weighted by atomic mass is 10.0. The average Bonchev–Trinajstić information content (AvgIpc) is 3.19. The van der Waals surface area contributed by atoms with Gasteiger partial charge in [0, 0.05) is 28.7 Å². The summed E-state index contributed by atoms with van der Waals surface area (Å²) in [5.41, 5.74) is 3.12. The number of carboxylic acids is 1. The Kier molecular flexibility index (Phi) is 7.55. The molecule has 0 bridgehead atoms. The number of halogens is 1. The van der Waals surface area contributed by atoms with E-state index in [9.17, 15) is 19.1 Å². The van der Waals surface area contributed by atoms with Crippen molar-refractivity contribution in [1.82, 2.24) is 4.37 Å². The molecular weight excluding hydrogens is 443 g/mol. The van der Waals surface area contributed by atoms with Gasteiger partial charge >= 0.3 is 12.0 Å². The summed E-state index contributed by atoms with van der Waals surface area (Å²) in [6.45, 7) is 9.67. The van der Waals surface area contributed by atoms with E-state index >= 15 is 0 Å². The van der Waals surface area contributed by atoms with Gasteiger partial charge in [-0.2, -0.15) is 8.95 Å². The number of rotatable bonds is 8. The smallest absolute Gasteiger partial charge is 0.373 e. The maximum absolute atomic E-state index is 13.7. The Labute approximate surface area is 195 Å². The van der Waals surface area contributed by atoms with Crippen molar-refractivity contribution in [3.8, 4) is 11.3 Å². The largest absolute Gasteiger partial charge is 0.476 e. The number of nitrogens with zero attached hydrogens (tertiary/aromatic N) is 2. The molecule has 172 valence electrons. The van der Waals surface area contributed by atoms with E-state index in [2.05, 4.69) is 21.7 Å². The fourth-order valence-corrected chi connectivity index (χ4v) is 4.50. The molecule has 1 heterocycles. The molecule has 2 aromatic carbocycles. The second-order valence-electron chi connectivity index (χ2n) is 7.80. The molecule has 1 unspecified atom stereocenters. The molecule has 1 aromatic heterocycles. The van der Waals surface area contributed by atoms with Crippen LogP contribution in [0.3, 0.4) is 0 Å². The number of carbonyl (C=O) groups excluding carboxylic acids is 1. The van der Waals surface area contributed by atoms with Crippen LogP contribution < -0.4 is 10.6 Å². The molecule has 0 aliphatic rings. The number of para-hydroxylation sites is 1. The first kappa shape index (κ1) is 24.1. The minimum Gasteiger partial charge on any atom is -0.476 e. The van der Waals surface area contributed by atoms with Crippen LogP contribution in [0.1, 0.15) is 26.3 Å². The predicted octanol–water partition coefficient (Wildman–Crippen LogP) is 5.61. The van der Waals surface area contributed by atoms with Crippen molar-refractivity contribution < 1.29 is 23.7 Å². The highest BCUT2D eigenvalue weighted by molar-refractivity contribution is 7.09. The van der Waals surface area contributed by atoms with Crippen LogP contribution in [0.4, 0.5) is 25.6 Å². The van der Waals surface area contributed by atoms with Crippen LogP contribution in [0.2, 0.25) is 0 Å². The molecule has 0 aliphatic heterocycles. The summed E-state index contributed by atoms with van der Waals surface area (Å²) >= 11 is 1.22. The number of anilines is 2. The zero-order valence-corrected chi connectivity index (χ0v) is 19.4. The number of hydrogen-bond donors (Lipinski definition) is 3. The van der Waals surface area contributed by atoms with Crippen LogP contribution in [-0.2, 0) is 11.2 Å². The molecule has 7 nitrogen and oxygen atoms in total. The number of aliphatic carboxylic acids is 1. The Morgan fingerprint density at radius 1 is 1.15 bits per heavy atom. The third-order valence-electron chi connectivity index (χ3n) is 5.14. The fraction of sp³-hybridized carbons (Fsp3) is 0.250. The first-order chi connectivity index (χ1) is 15.7. The lowest BCUT2D eigenvalue weighted by molar-refractivity contribution is -0.469. The van der Waals surface area contributed by atoms with Gasteiger partial charge in [0.2, 0.25) is 0 Å². The maximum atomic E-state index is 13.7. The Hall–Kier alpha value is -3.59. The number of aromatic nitrogens is 1. The van der Waals surface area contributed by atoms with Gasteiger partial charge in [-0.1, -0.05) is 45.0 Å². The van der Waals surface area contributed by atoms with Crippen molar-refractivity contribution in [1.29, 1.82) is 0 Å². The maximum Gasteiger partial charge on any atom is 0.373 e. The summed E-state index contributed by atoms with van der Waals surface area (Å²) in [5, 5.41) is 15.5. The standard InChI is InChI=1S/C24H25FN4O3S/c1-5-17-20(28-33-22(17)29(4)21(14(2)3)23(30)31)15-10-12-16(13-11-15)26-24(32)27-19-9-7-6-8-18(19)25/h6-14,21H,4-5H2,1-3H3,(H2-,26,27,28,30,31,32)/p+1. The first-order valence-corrected chi connectivity index (χ1v) is 11.2. The highest BCUT2D eigenvalue weighted by Crippen LogP contribution is 2.36. The topological polar surface area (TPSA) is 94.3 Å². The molecule has 0 aliphatic carbocycles. The Balaban J connectivity index is 1.78. The monoisotopic (exact) mass is 469 g/mol. The molecule has 33 heavy (non-hydrogen) atoms. The normalized spacial score (nSPS) is 11.8. The van der Waals surface area contributed by atoms with Crippen LogP contribution in [0.5, 0.6) is 0 Å². The third-order valence-corrected chi connectivity index (χ3v) is 6.07.